The highest BCUT2D eigenvalue weighted by atomic mass is 79.9. The second-order valence-electron chi connectivity index (χ2n) is 6.99. The van der Waals surface area contributed by atoms with Crippen LogP contribution in [0.25, 0.3) is 0 Å². The van der Waals surface area contributed by atoms with Crippen LogP contribution in [0.4, 0.5) is 4.39 Å². The summed E-state index contributed by atoms with van der Waals surface area (Å²) in [5.41, 5.74) is 2.14. The number of carbonyl (C=O) groups is 1. The van der Waals surface area contributed by atoms with E-state index in [4.69, 9.17) is 0 Å². The summed E-state index contributed by atoms with van der Waals surface area (Å²) in [7, 11) is 0. The molecule has 2 saturated heterocycles. The molecule has 2 heterocycles. The van der Waals surface area contributed by atoms with Crippen LogP contribution in [0.15, 0.2) is 53.0 Å². The zero-order chi connectivity index (χ0) is 18.3. The number of halogens is 2. The van der Waals surface area contributed by atoms with E-state index in [2.05, 4.69) is 33.0 Å². The quantitative estimate of drug-likeness (QED) is 0.829. The molecule has 2 aliphatic heterocycles. The van der Waals surface area contributed by atoms with Gasteiger partial charge in [0.15, 0.2) is 0 Å². The van der Waals surface area contributed by atoms with Gasteiger partial charge in [-0.1, -0.05) is 40.2 Å². The van der Waals surface area contributed by atoms with Gasteiger partial charge in [0.25, 0.3) is 0 Å². The van der Waals surface area contributed by atoms with Crippen molar-refractivity contribution in [2.75, 3.05) is 19.7 Å². The minimum Gasteiger partial charge on any atom is -0.394 e. The molecule has 2 aromatic carbocycles. The summed E-state index contributed by atoms with van der Waals surface area (Å²) in [4.78, 5) is 16.6. The number of hydrogen-bond acceptors (Lipinski definition) is 3. The topological polar surface area (TPSA) is 43.8 Å². The van der Waals surface area contributed by atoms with Crippen LogP contribution in [0, 0.1) is 5.82 Å². The second kappa shape index (κ2) is 7.10. The van der Waals surface area contributed by atoms with Crippen molar-refractivity contribution in [2.24, 2.45) is 0 Å². The van der Waals surface area contributed by atoms with Gasteiger partial charge in [-0.2, -0.15) is 0 Å². The molecule has 2 aromatic rings. The van der Waals surface area contributed by atoms with E-state index in [1.165, 1.54) is 12.1 Å². The highest BCUT2D eigenvalue weighted by Crippen LogP contribution is 2.43. The number of nitrogens with zero attached hydrogens (tertiary/aromatic N) is 2. The Bertz CT molecular complexity index is 796. The molecule has 0 radical (unpaired) electrons. The summed E-state index contributed by atoms with van der Waals surface area (Å²) in [6.45, 7) is 1.67. The van der Waals surface area contributed by atoms with E-state index in [1.54, 1.807) is 12.1 Å². The maximum atomic E-state index is 13.1. The SMILES string of the molecule is O=C1CN(Cc2ccc(F)cc2)C[C@@H]2[C@H](c3ccc(Br)cc3)[C@@H](CO)N12. The number of aliphatic hydroxyl groups is 1. The highest BCUT2D eigenvalue weighted by molar-refractivity contribution is 9.10. The van der Waals surface area contributed by atoms with Gasteiger partial charge in [-0.25, -0.2) is 4.39 Å². The average molecular weight is 419 g/mol. The van der Waals surface area contributed by atoms with Gasteiger partial charge in [0, 0.05) is 23.5 Å². The van der Waals surface area contributed by atoms with Crippen LogP contribution in [-0.2, 0) is 11.3 Å². The fraction of sp³-hybridized carbons (Fsp3) is 0.350. The number of piperazine rings is 1. The normalized spacial score (nSPS) is 25.7. The van der Waals surface area contributed by atoms with Gasteiger partial charge in [-0.3, -0.25) is 9.69 Å². The molecule has 136 valence electrons. The van der Waals surface area contributed by atoms with E-state index in [9.17, 15) is 14.3 Å². The van der Waals surface area contributed by atoms with Gasteiger partial charge in [0.2, 0.25) is 5.91 Å². The van der Waals surface area contributed by atoms with Crippen LogP contribution in [0.1, 0.15) is 17.0 Å². The predicted molar refractivity (Wildman–Crippen MR) is 100 cm³/mol. The van der Waals surface area contributed by atoms with Gasteiger partial charge in [0.1, 0.15) is 5.82 Å². The Labute approximate surface area is 160 Å². The molecule has 2 aliphatic rings. The van der Waals surface area contributed by atoms with E-state index < -0.39 is 0 Å². The van der Waals surface area contributed by atoms with Crippen LogP contribution in [0.2, 0.25) is 0 Å². The van der Waals surface area contributed by atoms with E-state index in [0.717, 1.165) is 22.1 Å². The molecule has 0 spiro atoms. The Kier molecular flexibility index (Phi) is 4.82. The summed E-state index contributed by atoms with van der Waals surface area (Å²) >= 11 is 3.45. The Hall–Kier alpha value is -1.76. The zero-order valence-electron chi connectivity index (χ0n) is 14.2. The molecular weight excluding hydrogens is 399 g/mol. The Balaban J connectivity index is 1.53. The Morgan fingerprint density at radius 1 is 1.12 bits per heavy atom. The minimum atomic E-state index is -0.255. The van der Waals surface area contributed by atoms with Crippen molar-refractivity contribution in [1.29, 1.82) is 0 Å². The van der Waals surface area contributed by atoms with Crippen molar-refractivity contribution < 1.29 is 14.3 Å². The first-order chi connectivity index (χ1) is 12.6. The standard InChI is InChI=1S/C20H20BrFN2O2/c21-15-5-3-14(4-6-15)20-17-10-23(9-13-1-7-16(22)8-2-13)11-19(26)24(17)18(20)12-25/h1-8,17-18,20,25H,9-12H2/t17-,18-,20+/m1/s1. The number of aliphatic hydroxyl groups excluding tert-OH is 1. The minimum absolute atomic E-state index is 0.0269. The first-order valence-electron chi connectivity index (χ1n) is 8.71. The lowest BCUT2D eigenvalue weighted by Gasteiger charge is -2.59. The van der Waals surface area contributed by atoms with Crippen molar-refractivity contribution in [3.8, 4) is 0 Å². The summed E-state index contributed by atoms with van der Waals surface area (Å²) < 4.78 is 14.1. The third-order valence-electron chi connectivity index (χ3n) is 5.40. The molecule has 0 aliphatic carbocycles. The fourth-order valence-electron chi connectivity index (χ4n) is 4.22. The van der Waals surface area contributed by atoms with Crippen LogP contribution in [0.5, 0.6) is 0 Å². The molecule has 4 rings (SSSR count). The highest BCUT2D eigenvalue weighted by Gasteiger charge is 2.53. The van der Waals surface area contributed by atoms with Crippen molar-refractivity contribution in [1.82, 2.24) is 9.80 Å². The van der Waals surface area contributed by atoms with Gasteiger partial charge in [-0.05, 0) is 35.4 Å². The summed E-state index contributed by atoms with van der Waals surface area (Å²) in [6, 6.07) is 14.4. The smallest absolute Gasteiger partial charge is 0.237 e. The number of carbonyl (C=O) groups excluding carboxylic acids is 1. The van der Waals surface area contributed by atoms with Gasteiger partial charge in [-0.15, -0.1) is 0 Å². The molecule has 0 unspecified atom stereocenters. The van der Waals surface area contributed by atoms with Crippen molar-refractivity contribution >= 4 is 21.8 Å². The molecule has 1 amide bonds. The van der Waals surface area contributed by atoms with Crippen LogP contribution in [-0.4, -0.2) is 52.6 Å². The first kappa shape index (κ1) is 17.6. The van der Waals surface area contributed by atoms with Gasteiger partial charge >= 0.3 is 0 Å². The van der Waals surface area contributed by atoms with E-state index >= 15 is 0 Å². The number of rotatable bonds is 4. The molecule has 4 nitrogen and oxygen atoms in total. The Morgan fingerprint density at radius 3 is 2.46 bits per heavy atom. The summed E-state index contributed by atoms with van der Waals surface area (Å²) in [6.07, 6.45) is 0. The van der Waals surface area contributed by atoms with Gasteiger partial charge < -0.3 is 10.0 Å². The van der Waals surface area contributed by atoms with Crippen LogP contribution < -0.4 is 0 Å². The monoisotopic (exact) mass is 418 g/mol. The lowest BCUT2D eigenvalue weighted by molar-refractivity contribution is -0.162. The van der Waals surface area contributed by atoms with Crippen molar-refractivity contribution in [3.05, 3.63) is 69.9 Å². The lowest BCUT2D eigenvalue weighted by atomic mass is 9.74. The molecule has 3 atom stereocenters. The molecule has 1 N–H and O–H groups in total. The van der Waals surface area contributed by atoms with Crippen LogP contribution >= 0.6 is 15.9 Å². The summed E-state index contributed by atoms with van der Waals surface area (Å²) in [5.74, 6) is -0.0708. The summed E-state index contributed by atoms with van der Waals surface area (Å²) in [5, 5.41) is 9.80. The first-order valence-corrected chi connectivity index (χ1v) is 9.50. The average Bonchev–Trinajstić information content (AvgIpc) is 2.61. The van der Waals surface area contributed by atoms with E-state index in [0.29, 0.717) is 13.1 Å². The zero-order valence-corrected chi connectivity index (χ0v) is 15.8. The third-order valence-corrected chi connectivity index (χ3v) is 5.93. The second-order valence-corrected chi connectivity index (χ2v) is 7.91. The van der Waals surface area contributed by atoms with E-state index in [1.807, 2.05) is 17.0 Å². The number of benzene rings is 2. The van der Waals surface area contributed by atoms with Gasteiger partial charge in [0.05, 0.1) is 25.2 Å². The lowest BCUT2D eigenvalue weighted by Crippen LogP contribution is -2.72. The number of amides is 1. The fourth-order valence-corrected chi connectivity index (χ4v) is 4.48. The van der Waals surface area contributed by atoms with E-state index in [-0.39, 0.29) is 36.3 Å². The maximum Gasteiger partial charge on any atom is 0.237 e. The molecular formula is C20H20BrFN2O2. The maximum absolute atomic E-state index is 13.1. The number of hydrogen-bond donors (Lipinski definition) is 1. The Morgan fingerprint density at radius 2 is 1.81 bits per heavy atom. The molecule has 0 bridgehead atoms. The molecule has 0 saturated carbocycles. The van der Waals surface area contributed by atoms with Crippen molar-refractivity contribution in [3.63, 3.8) is 0 Å². The molecule has 26 heavy (non-hydrogen) atoms. The molecule has 6 heteroatoms. The molecule has 0 aromatic heterocycles. The largest absolute Gasteiger partial charge is 0.394 e. The van der Waals surface area contributed by atoms with Crippen molar-refractivity contribution in [2.45, 2.75) is 24.5 Å². The molecule has 2 fully saturated rings. The predicted octanol–water partition coefficient (Wildman–Crippen LogP) is 2.76. The third kappa shape index (κ3) is 3.17. The number of fused-ring (bicyclic) bond motifs is 1. The van der Waals surface area contributed by atoms with Crippen LogP contribution in [0.3, 0.4) is 0 Å².